The fraction of sp³-hybridized carbons (Fsp3) is 0.682. The second kappa shape index (κ2) is 13.8. The van der Waals surface area contributed by atoms with Crippen molar-refractivity contribution in [2.75, 3.05) is 59.4 Å². The molecule has 1 fully saturated rings. The summed E-state index contributed by atoms with van der Waals surface area (Å²) in [5.74, 6) is 2.52. The Kier molecular flexibility index (Phi) is 12.2. The molecule has 1 aromatic carbocycles. The molecule has 2 N–H and O–H groups in total. The van der Waals surface area contributed by atoms with Gasteiger partial charge in [-0.15, -0.1) is 24.0 Å². The van der Waals surface area contributed by atoms with E-state index < -0.39 is 0 Å². The Morgan fingerprint density at radius 1 is 1.20 bits per heavy atom. The molecule has 8 heteroatoms. The van der Waals surface area contributed by atoms with Crippen molar-refractivity contribution in [3.05, 3.63) is 18.2 Å². The normalized spacial score (nSPS) is 16.6. The highest BCUT2D eigenvalue weighted by atomic mass is 127. The zero-order chi connectivity index (χ0) is 21.2. The number of benzene rings is 1. The summed E-state index contributed by atoms with van der Waals surface area (Å²) in [6.07, 6.45) is 3.39. The highest BCUT2D eigenvalue weighted by Crippen LogP contribution is 2.30. The molecule has 1 atom stereocenters. The van der Waals surface area contributed by atoms with Crippen LogP contribution in [0.4, 0.5) is 5.69 Å². The summed E-state index contributed by atoms with van der Waals surface area (Å²) in [4.78, 5) is 9.13. The van der Waals surface area contributed by atoms with Gasteiger partial charge in [0.1, 0.15) is 11.5 Å². The molecule has 1 aliphatic rings. The predicted molar refractivity (Wildman–Crippen MR) is 137 cm³/mol. The van der Waals surface area contributed by atoms with Crippen molar-refractivity contribution >= 4 is 35.6 Å². The van der Waals surface area contributed by atoms with Crippen LogP contribution < -0.4 is 25.0 Å². The van der Waals surface area contributed by atoms with E-state index in [9.17, 15) is 0 Å². The van der Waals surface area contributed by atoms with Gasteiger partial charge >= 0.3 is 0 Å². The quantitative estimate of drug-likeness (QED) is 0.209. The number of hydrogen-bond donors (Lipinski definition) is 2. The summed E-state index contributed by atoms with van der Waals surface area (Å²) in [5.41, 5.74) is 1.13. The van der Waals surface area contributed by atoms with Crippen molar-refractivity contribution in [3.8, 4) is 11.5 Å². The van der Waals surface area contributed by atoms with Crippen LogP contribution in [-0.4, -0.2) is 77.4 Å². The molecule has 1 heterocycles. The number of guanidine groups is 1. The molecule has 7 nitrogen and oxygen atoms in total. The molecule has 0 spiro atoms. The van der Waals surface area contributed by atoms with Gasteiger partial charge in [-0.3, -0.25) is 4.99 Å². The van der Waals surface area contributed by atoms with Gasteiger partial charge in [-0.05, 0) is 46.7 Å². The van der Waals surface area contributed by atoms with E-state index in [1.54, 1.807) is 14.2 Å². The van der Waals surface area contributed by atoms with Gasteiger partial charge in [-0.1, -0.05) is 0 Å². The molecule has 0 bridgehead atoms. The number of unbranched alkanes of at least 4 members (excludes halogenated alkanes) is 1. The molecule has 1 aliphatic heterocycles. The predicted octanol–water partition coefficient (Wildman–Crippen LogP) is 3.19. The smallest absolute Gasteiger partial charge is 0.191 e. The third kappa shape index (κ3) is 8.37. The molecule has 0 amide bonds. The Morgan fingerprint density at radius 3 is 2.43 bits per heavy atom. The van der Waals surface area contributed by atoms with E-state index in [1.807, 2.05) is 13.1 Å². The maximum absolute atomic E-state index is 5.40. The molecule has 0 saturated carbocycles. The van der Waals surface area contributed by atoms with Crippen molar-refractivity contribution in [2.24, 2.45) is 4.99 Å². The third-order valence-corrected chi connectivity index (χ3v) is 5.57. The van der Waals surface area contributed by atoms with Gasteiger partial charge in [0, 0.05) is 62.7 Å². The molecule has 0 aromatic heterocycles. The molecule has 172 valence electrons. The van der Waals surface area contributed by atoms with Gasteiger partial charge in [0.25, 0.3) is 0 Å². The van der Waals surface area contributed by atoms with Gasteiger partial charge in [-0.2, -0.15) is 0 Å². The first kappa shape index (κ1) is 26.6. The van der Waals surface area contributed by atoms with E-state index in [-0.39, 0.29) is 24.0 Å². The van der Waals surface area contributed by atoms with Crippen LogP contribution >= 0.6 is 24.0 Å². The molecule has 0 aliphatic carbocycles. The number of ether oxygens (including phenoxy) is 2. The van der Waals surface area contributed by atoms with Crippen molar-refractivity contribution < 1.29 is 9.47 Å². The summed E-state index contributed by atoms with van der Waals surface area (Å²) in [7, 11) is 7.39. The maximum Gasteiger partial charge on any atom is 0.191 e. The lowest BCUT2D eigenvalue weighted by Crippen LogP contribution is -2.45. The lowest BCUT2D eigenvalue weighted by molar-refractivity contribution is 0.268. The summed E-state index contributed by atoms with van der Waals surface area (Å²) in [6, 6.07) is 7.00. The number of anilines is 1. The highest BCUT2D eigenvalue weighted by Gasteiger charge is 2.24. The van der Waals surface area contributed by atoms with Gasteiger partial charge in [0.2, 0.25) is 0 Å². The minimum atomic E-state index is 0. The van der Waals surface area contributed by atoms with Crippen LogP contribution in [0.5, 0.6) is 11.5 Å². The zero-order valence-electron chi connectivity index (χ0n) is 19.4. The van der Waals surface area contributed by atoms with Gasteiger partial charge in [-0.25, -0.2) is 0 Å². The molecule has 30 heavy (non-hydrogen) atoms. The number of rotatable bonds is 10. The Balaban J connectivity index is 0.00000450. The monoisotopic (exact) mass is 533 g/mol. The van der Waals surface area contributed by atoms with Crippen LogP contribution in [0.1, 0.15) is 33.1 Å². The van der Waals surface area contributed by atoms with Crippen LogP contribution in [0.2, 0.25) is 0 Å². The lowest BCUT2D eigenvalue weighted by Gasteiger charge is -2.22. The minimum absolute atomic E-state index is 0. The van der Waals surface area contributed by atoms with E-state index in [4.69, 9.17) is 9.47 Å². The van der Waals surface area contributed by atoms with E-state index in [2.05, 4.69) is 58.5 Å². The van der Waals surface area contributed by atoms with Crippen molar-refractivity contribution in [1.82, 2.24) is 15.5 Å². The lowest BCUT2D eigenvalue weighted by atomic mass is 10.2. The van der Waals surface area contributed by atoms with Crippen LogP contribution in [0.25, 0.3) is 0 Å². The molecular weight excluding hydrogens is 493 g/mol. The molecular formula is C22H40IN5O2. The highest BCUT2D eigenvalue weighted by molar-refractivity contribution is 14.0. The zero-order valence-corrected chi connectivity index (χ0v) is 21.7. The van der Waals surface area contributed by atoms with Crippen molar-refractivity contribution in [3.63, 3.8) is 0 Å². The fourth-order valence-corrected chi connectivity index (χ4v) is 3.43. The first-order chi connectivity index (χ1) is 14.0. The van der Waals surface area contributed by atoms with Crippen LogP contribution in [0.15, 0.2) is 23.2 Å². The molecule has 1 aromatic rings. The average Bonchev–Trinajstić information content (AvgIpc) is 3.20. The Labute approximate surface area is 199 Å². The van der Waals surface area contributed by atoms with Gasteiger partial charge in [0.15, 0.2) is 5.96 Å². The SMILES string of the molecule is CN=C(NCCCCN(C)C(C)C)NC1CCN(c2cc(OC)cc(OC)c2)C1.I. The van der Waals surface area contributed by atoms with Crippen LogP contribution in [-0.2, 0) is 0 Å². The first-order valence-corrected chi connectivity index (χ1v) is 10.6. The number of nitrogens with zero attached hydrogens (tertiary/aromatic N) is 3. The van der Waals surface area contributed by atoms with Gasteiger partial charge in [0.05, 0.1) is 14.2 Å². The maximum atomic E-state index is 5.40. The van der Waals surface area contributed by atoms with Crippen LogP contribution in [0, 0.1) is 0 Å². The topological polar surface area (TPSA) is 61.4 Å². The van der Waals surface area contributed by atoms with Crippen LogP contribution in [0.3, 0.4) is 0 Å². The molecule has 0 radical (unpaired) electrons. The van der Waals surface area contributed by atoms with E-state index in [1.165, 1.54) is 6.42 Å². The largest absolute Gasteiger partial charge is 0.497 e. The molecule has 1 saturated heterocycles. The van der Waals surface area contributed by atoms with Crippen molar-refractivity contribution in [1.29, 1.82) is 0 Å². The Morgan fingerprint density at radius 2 is 1.87 bits per heavy atom. The van der Waals surface area contributed by atoms with Crippen molar-refractivity contribution in [2.45, 2.75) is 45.2 Å². The first-order valence-electron chi connectivity index (χ1n) is 10.6. The standard InChI is InChI=1S/C22H39N5O2.HI/c1-17(2)26(4)11-8-7-10-24-22(23-3)25-18-9-12-27(16-18)19-13-20(28-5)15-21(14-19)29-6;/h13-15,17-18H,7-12,16H2,1-6H3,(H2,23,24,25);1H. The second-order valence-corrected chi connectivity index (χ2v) is 7.93. The minimum Gasteiger partial charge on any atom is -0.497 e. The number of hydrogen-bond acceptors (Lipinski definition) is 5. The number of halogens is 1. The number of nitrogens with one attached hydrogen (secondary N) is 2. The Bertz CT molecular complexity index is 634. The third-order valence-electron chi connectivity index (χ3n) is 5.57. The number of aliphatic imine (C=N–C) groups is 1. The van der Waals surface area contributed by atoms with Gasteiger partial charge < -0.3 is 29.9 Å². The van der Waals surface area contributed by atoms with E-state index in [0.29, 0.717) is 12.1 Å². The van der Waals surface area contributed by atoms with E-state index in [0.717, 1.165) is 62.2 Å². The fourth-order valence-electron chi connectivity index (χ4n) is 3.43. The summed E-state index contributed by atoms with van der Waals surface area (Å²) >= 11 is 0. The summed E-state index contributed by atoms with van der Waals surface area (Å²) in [5, 5.41) is 7.02. The van der Waals surface area contributed by atoms with E-state index >= 15 is 0 Å². The molecule has 1 unspecified atom stereocenters. The average molecular weight is 533 g/mol. The number of methoxy groups -OCH3 is 2. The second-order valence-electron chi connectivity index (χ2n) is 7.93. The molecule has 2 rings (SSSR count). The summed E-state index contributed by atoms with van der Waals surface area (Å²) in [6.45, 7) is 8.46. The summed E-state index contributed by atoms with van der Waals surface area (Å²) < 4.78 is 10.8. The Hall–Kier alpha value is -1.42.